The maximum atomic E-state index is 12.4. The fraction of sp³-hybridized carbons (Fsp3) is 0.269. The molecule has 0 atom stereocenters. The molecule has 1 saturated heterocycles. The van der Waals surface area contributed by atoms with Crippen LogP contribution in [0, 0.1) is 45.3 Å². The average molecular weight is 2110 g/mol. The van der Waals surface area contributed by atoms with Gasteiger partial charge in [0.15, 0.2) is 42.7 Å². The second-order valence-electron chi connectivity index (χ2n) is 34.3. The van der Waals surface area contributed by atoms with Gasteiger partial charge in [-0.15, -0.1) is 0 Å². The number of sulfone groups is 2. The van der Waals surface area contributed by atoms with Gasteiger partial charge in [0.25, 0.3) is 5.56 Å². The molecule has 16 aromatic rings. The Bertz CT molecular complexity index is 8200. The molecule has 0 spiro atoms. The lowest BCUT2D eigenvalue weighted by Gasteiger charge is -2.26. The topological polar surface area (TPSA) is 426 Å². The Hall–Kier alpha value is -14.5. The standard InChI is InChI=1S/C29H30ClN5O4S.C26H25ClN4O4S.C25H23ClN4O4S.C24H24ClN5O3S/c1-40(36,37)20-28-32-9-7-23(33-28)19-39-25-5-6-27-21(16-25)8-12-35(27)24-15-22(18-31)29(26(30)17-24)38-14-13-34-10-3-2-4-11-34;1-3-12-35-26-20(17-28)14-22(16-23(26)27)31-11-7-19-13-18(4-5-24(19)31)6-9-30-10-8-21(15-25(30)32)29-36(2,33)34;1-3-10-33-25-18(14-27)11-20(13-22(25)26)30-9-7-17-12-21(4-5-23(17)30)34-15-19-6-8-28-24(29-19)16-35(2,31)32;1-3-10-33-24-19(14-26)12-21(13-22(24)25)30-9-7-18-11-17(4-5-23(18)30)6-8-29-16-20(15-27-29)28-34(2,31)32/h5-9,12,15-17H,2-4,10-11,13-14,19-20H2,1H3;4-5,7-8,10-11,13-16,29H,3,6,9,12H2,1-2H3;4-9,11-13H,3,10,15-16H2,1-2H3;4-5,7,9,11-13,15-16,28H,3,6,8,10H2,1-2H3. The van der Waals surface area contributed by atoms with E-state index in [-0.39, 0.29) is 47.6 Å². The number of nitriles is 4. The van der Waals surface area contributed by atoms with Gasteiger partial charge in [-0.25, -0.2) is 53.6 Å². The number of pyridine rings is 1. The Kier molecular flexibility index (Phi) is 35.4. The molecular formula is C104H102Cl4N18O15S4. The Morgan fingerprint density at radius 2 is 0.772 bits per heavy atom. The van der Waals surface area contributed by atoms with Crippen LogP contribution in [0.2, 0.25) is 20.1 Å². The summed E-state index contributed by atoms with van der Waals surface area (Å²) in [6, 6.07) is 60.7. The van der Waals surface area contributed by atoms with Crippen LogP contribution in [0.5, 0.6) is 34.5 Å². The first-order chi connectivity index (χ1) is 69.5. The fourth-order valence-electron chi connectivity index (χ4n) is 16.1. The number of likely N-dealkylation sites (tertiary alicyclic amines) is 1. The number of anilines is 2. The quantitative estimate of drug-likeness (QED) is 0.0365. The van der Waals surface area contributed by atoms with Crippen molar-refractivity contribution < 1.29 is 62.1 Å². The molecule has 145 heavy (non-hydrogen) atoms. The molecule has 0 unspecified atom stereocenters. The molecule has 1 aliphatic rings. The van der Waals surface area contributed by atoms with Crippen molar-refractivity contribution in [1.29, 1.82) is 21.0 Å². The summed E-state index contributed by atoms with van der Waals surface area (Å²) in [5, 5.41) is 48.3. The van der Waals surface area contributed by atoms with Crippen molar-refractivity contribution in [3.05, 3.63) is 312 Å². The van der Waals surface area contributed by atoms with Crippen LogP contribution in [0.1, 0.15) is 116 Å². The molecule has 750 valence electrons. The van der Waals surface area contributed by atoms with Crippen LogP contribution in [-0.2, 0) is 90.4 Å². The zero-order valence-electron chi connectivity index (χ0n) is 80.1. The molecule has 0 aliphatic carbocycles. The van der Waals surface area contributed by atoms with Crippen LogP contribution >= 0.6 is 46.4 Å². The van der Waals surface area contributed by atoms with Crippen LogP contribution in [0.3, 0.4) is 0 Å². The summed E-state index contributed by atoms with van der Waals surface area (Å²) in [7, 11) is -13.2. The highest BCUT2D eigenvalue weighted by Crippen LogP contribution is 2.40. The van der Waals surface area contributed by atoms with E-state index in [1.165, 1.54) is 48.5 Å². The number of ether oxygens (including phenoxy) is 6. The number of rotatable bonds is 37. The predicted molar refractivity (Wildman–Crippen MR) is 562 cm³/mol. The van der Waals surface area contributed by atoms with Crippen LogP contribution < -0.4 is 43.4 Å². The third-order valence-electron chi connectivity index (χ3n) is 22.6. The number of benzene rings is 8. The smallest absolute Gasteiger partial charge is 0.252 e. The van der Waals surface area contributed by atoms with Crippen molar-refractivity contribution in [3.63, 3.8) is 0 Å². The number of aryl methyl sites for hydroxylation is 4. The summed E-state index contributed by atoms with van der Waals surface area (Å²) in [4.78, 5) is 31.3. The fourth-order valence-corrected chi connectivity index (χ4v) is 19.4. The Balaban J connectivity index is 0.000000153. The predicted octanol–water partition coefficient (Wildman–Crippen LogP) is 19.3. The molecule has 41 heteroatoms. The van der Waals surface area contributed by atoms with Gasteiger partial charge in [0.2, 0.25) is 20.0 Å². The largest absolute Gasteiger partial charge is 0.491 e. The lowest BCUT2D eigenvalue weighted by molar-refractivity contribution is 0.183. The summed E-state index contributed by atoms with van der Waals surface area (Å²) in [5.41, 5.74) is 12.1. The number of hydrogen-bond acceptors (Lipinski definition) is 25. The zero-order chi connectivity index (χ0) is 103. The first-order valence-electron chi connectivity index (χ1n) is 46.0. The Morgan fingerprint density at radius 1 is 0.400 bits per heavy atom. The van der Waals surface area contributed by atoms with Crippen LogP contribution in [0.4, 0.5) is 11.4 Å². The molecule has 9 heterocycles. The van der Waals surface area contributed by atoms with Crippen molar-refractivity contribution in [3.8, 4) is 81.5 Å². The zero-order valence-corrected chi connectivity index (χ0v) is 86.4. The molecule has 17 rings (SSSR count). The molecule has 33 nitrogen and oxygen atoms in total. The average Bonchev–Trinajstić information content (AvgIpc) is 1.67. The summed E-state index contributed by atoms with van der Waals surface area (Å²) < 4.78 is 142. The third-order valence-corrected chi connectivity index (χ3v) is 26.5. The van der Waals surface area contributed by atoms with E-state index in [9.17, 15) is 59.5 Å². The van der Waals surface area contributed by atoms with Crippen molar-refractivity contribution in [2.75, 3.05) is 80.5 Å². The van der Waals surface area contributed by atoms with E-state index in [2.05, 4.69) is 75.8 Å². The minimum Gasteiger partial charge on any atom is -0.491 e. The normalized spacial score (nSPS) is 12.2. The SMILES string of the molecule is CCCOc1c(Cl)cc(-n2ccc3cc(CCn4cc(NS(C)(=O)=O)cn4)ccc32)cc1C#N.CCCOc1c(Cl)cc(-n2ccc3cc(CCn4ccc(NS(C)(=O)=O)cc4=O)ccc32)cc1C#N.CCCOc1c(Cl)cc(-n2ccc3cc(OCc4ccnc(CS(C)(=O)=O)n4)ccc32)cc1C#N.CS(=O)(=O)Cc1nccc(COc2ccc3c(ccn3-c3cc(Cl)c(OCCN4CCCCC4)c(C#N)c3)c2)n1. The van der Waals surface area contributed by atoms with Crippen molar-refractivity contribution >= 4 is 141 Å². The number of aromatic nitrogens is 11. The monoisotopic (exact) mass is 2110 g/mol. The second-order valence-corrected chi connectivity index (χ2v) is 43.7. The van der Waals surface area contributed by atoms with E-state index in [1.54, 1.807) is 77.7 Å². The van der Waals surface area contributed by atoms with Crippen molar-refractivity contribution in [2.45, 2.75) is 110 Å². The van der Waals surface area contributed by atoms with E-state index in [0.29, 0.717) is 140 Å². The van der Waals surface area contributed by atoms with E-state index >= 15 is 0 Å². The molecule has 0 radical (unpaired) electrons. The summed E-state index contributed by atoms with van der Waals surface area (Å²) >= 11 is 25.9. The molecule has 8 aromatic heterocycles. The summed E-state index contributed by atoms with van der Waals surface area (Å²) in [6.45, 7) is 12.3. The van der Waals surface area contributed by atoms with Gasteiger partial charge in [-0.1, -0.05) is 85.7 Å². The number of nitrogens with zero attached hydrogens (tertiary/aromatic N) is 16. The molecule has 2 N–H and O–H groups in total. The van der Waals surface area contributed by atoms with Gasteiger partial charge >= 0.3 is 0 Å². The van der Waals surface area contributed by atoms with Crippen molar-refractivity contribution in [1.82, 2.24) is 57.5 Å². The number of halogens is 4. The highest BCUT2D eigenvalue weighted by molar-refractivity contribution is 7.92. The molecule has 1 fully saturated rings. The molecule has 0 amide bonds. The van der Waals surface area contributed by atoms with Gasteiger partial charge in [0.05, 0.1) is 126 Å². The van der Waals surface area contributed by atoms with E-state index in [0.717, 1.165) is 148 Å². The second kappa shape index (κ2) is 48.3. The molecule has 1 aliphatic heterocycles. The van der Waals surface area contributed by atoms with E-state index in [4.69, 9.17) is 74.8 Å². The molecule has 8 aromatic carbocycles. The van der Waals surface area contributed by atoms with Gasteiger partial charge in [-0.2, -0.15) is 26.1 Å². The van der Waals surface area contributed by atoms with E-state index < -0.39 is 39.7 Å². The molecular weight excluding hydrogens is 2010 g/mol. The number of nitrogens with one attached hydrogen (secondary N) is 2. The van der Waals surface area contributed by atoms with Gasteiger partial charge in [0.1, 0.15) is 78.8 Å². The third kappa shape index (κ3) is 29.0. The van der Waals surface area contributed by atoms with Gasteiger partial charge < -0.3 is 51.3 Å². The number of hydrogen-bond donors (Lipinski definition) is 2. The summed E-state index contributed by atoms with van der Waals surface area (Å²) in [6.07, 6.45) is 27.4. The van der Waals surface area contributed by atoms with E-state index in [1.807, 2.05) is 155 Å². The Labute approximate surface area is 859 Å². The van der Waals surface area contributed by atoms with Gasteiger partial charge in [-0.3, -0.25) is 23.8 Å². The molecule has 0 saturated carbocycles. The maximum absolute atomic E-state index is 12.4. The summed E-state index contributed by atoms with van der Waals surface area (Å²) in [5.74, 6) is 2.96. The van der Waals surface area contributed by atoms with Crippen molar-refractivity contribution in [2.24, 2.45) is 0 Å². The van der Waals surface area contributed by atoms with Crippen LogP contribution in [0.25, 0.3) is 66.4 Å². The number of fused-ring (bicyclic) bond motifs is 4. The Morgan fingerprint density at radius 3 is 1.14 bits per heavy atom. The van der Waals surface area contributed by atoms with Crippen LogP contribution in [0.15, 0.2) is 230 Å². The van der Waals surface area contributed by atoms with Gasteiger partial charge in [-0.05, 0) is 221 Å². The number of piperidine rings is 1. The highest BCUT2D eigenvalue weighted by Gasteiger charge is 2.23. The van der Waals surface area contributed by atoms with Gasteiger partial charge in [0, 0.05) is 132 Å². The first-order valence-corrected chi connectivity index (χ1v) is 55.5. The van der Waals surface area contributed by atoms with Crippen LogP contribution in [-0.4, -0.2) is 162 Å². The molecule has 0 bridgehead atoms. The minimum atomic E-state index is -3.44. The minimum absolute atomic E-state index is 0.172. The lowest BCUT2D eigenvalue weighted by Crippen LogP contribution is -2.33. The maximum Gasteiger partial charge on any atom is 0.252 e. The number of sulfonamides is 2. The highest BCUT2D eigenvalue weighted by atomic mass is 35.5. The lowest BCUT2D eigenvalue weighted by atomic mass is 10.1. The first kappa shape index (κ1) is 106.